The number of aliphatic hydroxyl groups is 3. The van der Waals surface area contributed by atoms with Gasteiger partial charge in [-0.15, -0.1) is 0 Å². The highest BCUT2D eigenvalue weighted by Crippen LogP contribution is 2.27. The van der Waals surface area contributed by atoms with Crippen LogP contribution in [0.2, 0.25) is 0 Å². The van der Waals surface area contributed by atoms with Crippen molar-refractivity contribution in [3.05, 3.63) is 11.6 Å². The van der Waals surface area contributed by atoms with Gasteiger partial charge in [0.25, 0.3) is 11.8 Å². The van der Waals surface area contributed by atoms with Crippen LogP contribution in [0.4, 0.5) is 0 Å². The summed E-state index contributed by atoms with van der Waals surface area (Å²) in [6.45, 7) is -0.475. The van der Waals surface area contributed by atoms with Crippen LogP contribution in [-0.2, 0) is 14.3 Å². The summed E-state index contributed by atoms with van der Waals surface area (Å²) in [6.07, 6.45) is -3.63. The summed E-state index contributed by atoms with van der Waals surface area (Å²) >= 11 is 0. The predicted molar refractivity (Wildman–Crippen MR) is 49.0 cm³/mol. The molecule has 4 atom stereocenters. The van der Waals surface area contributed by atoms with E-state index in [9.17, 15) is 19.8 Å². The number of carbonyl (C=O) groups is 2. The molecule has 2 rings (SSSR count). The second-order valence-electron chi connectivity index (χ2n) is 3.68. The lowest BCUT2D eigenvalue weighted by Gasteiger charge is -2.13. The van der Waals surface area contributed by atoms with Crippen LogP contribution in [-0.4, -0.2) is 58.2 Å². The molecular formula is C9H11NO6. The van der Waals surface area contributed by atoms with Crippen molar-refractivity contribution in [2.45, 2.75) is 24.4 Å². The number of hydrogen-bond acceptors (Lipinski definition) is 6. The number of rotatable bonds is 2. The van der Waals surface area contributed by atoms with Crippen LogP contribution in [0, 0.1) is 0 Å². The molecule has 4 N–H and O–H groups in total. The van der Waals surface area contributed by atoms with E-state index in [1.54, 1.807) is 0 Å². The molecule has 0 aromatic heterocycles. The van der Waals surface area contributed by atoms with Gasteiger partial charge in [0.15, 0.2) is 0 Å². The third-order valence-corrected chi connectivity index (χ3v) is 2.63. The molecular weight excluding hydrogens is 218 g/mol. The molecule has 2 amide bonds. The van der Waals surface area contributed by atoms with Crippen molar-refractivity contribution >= 4 is 11.8 Å². The van der Waals surface area contributed by atoms with Crippen LogP contribution >= 0.6 is 0 Å². The molecule has 2 aliphatic heterocycles. The van der Waals surface area contributed by atoms with Gasteiger partial charge in [0.2, 0.25) is 0 Å². The minimum absolute atomic E-state index is 0.0347. The summed E-state index contributed by atoms with van der Waals surface area (Å²) in [7, 11) is 0. The first kappa shape index (κ1) is 11.2. The van der Waals surface area contributed by atoms with Gasteiger partial charge in [0, 0.05) is 6.08 Å². The molecule has 88 valence electrons. The minimum atomic E-state index is -1.33. The Morgan fingerprint density at radius 2 is 2.00 bits per heavy atom. The van der Waals surface area contributed by atoms with E-state index in [-0.39, 0.29) is 5.57 Å². The Hall–Kier alpha value is -1.28. The van der Waals surface area contributed by atoms with E-state index in [4.69, 9.17) is 9.84 Å². The zero-order valence-corrected chi connectivity index (χ0v) is 8.16. The summed E-state index contributed by atoms with van der Waals surface area (Å²) in [6, 6.07) is 0. The maximum atomic E-state index is 11.3. The predicted octanol–water partition coefficient (Wildman–Crippen LogP) is -2.95. The van der Waals surface area contributed by atoms with Crippen molar-refractivity contribution in [2.24, 2.45) is 0 Å². The first-order valence-electron chi connectivity index (χ1n) is 4.74. The highest BCUT2D eigenvalue weighted by Gasteiger charge is 2.46. The van der Waals surface area contributed by atoms with Gasteiger partial charge in [-0.2, -0.15) is 0 Å². The molecule has 1 saturated heterocycles. The molecule has 0 radical (unpaired) electrons. The summed E-state index contributed by atoms with van der Waals surface area (Å²) in [5.41, 5.74) is -0.0347. The zero-order valence-electron chi connectivity index (χ0n) is 8.16. The van der Waals surface area contributed by atoms with E-state index in [1.165, 1.54) is 0 Å². The van der Waals surface area contributed by atoms with E-state index in [0.29, 0.717) is 0 Å². The van der Waals surface area contributed by atoms with E-state index >= 15 is 0 Å². The van der Waals surface area contributed by atoms with Gasteiger partial charge in [-0.1, -0.05) is 0 Å². The van der Waals surface area contributed by atoms with Gasteiger partial charge in [-0.05, 0) is 0 Å². The number of hydrogen-bond donors (Lipinski definition) is 4. The van der Waals surface area contributed by atoms with Gasteiger partial charge in [0.05, 0.1) is 12.2 Å². The number of amides is 2. The van der Waals surface area contributed by atoms with E-state index in [1.807, 2.05) is 5.32 Å². The number of carbonyl (C=O) groups excluding carboxylic acids is 2. The second kappa shape index (κ2) is 3.95. The number of aliphatic hydroxyl groups excluding tert-OH is 3. The maximum absolute atomic E-state index is 11.3. The summed E-state index contributed by atoms with van der Waals surface area (Å²) in [5.74, 6) is -1.24. The smallest absolute Gasteiger partial charge is 0.256 e. The monoisotopic (exact) mass is 229 g/mol. The van der Waals surface area contributed by atoms with E-state index < -0.39 is 42.8 Å². The Kier molecular flexibility index (Phi) is 2.76. The lowest BCUT2D eigenvalue weighted by molar-refractivity contribution is -0.124. The quantitative estimate of drug-likeness (QED) is 0.376. The average molecular weight is 229 g/mol. The Balaban J connectivity index is 2.20. The fourth-order valence-corrected chi connectivity index (χ4v) is 1.79. The number of ether oxygens (including phenoxy) is 1. The van der Waals surface area contributed by atoms with Gasteiger partial charge < -0.3 is 20.1 Å². The van der Waals surface area contributed by atoms with E-state index in [2.05, 4.69) is 0 Å². The molecule has 16 heavy (non-hydrogen) atoms. The Morgan fingerprint density at radius 3 is 2.44 bits per heavy atom. The first-order chi connectivity index (χ1) is 7.54. The van der Waals surface area contributed by atoms with Crippen LogP contribution in [0.25, 0.3) is 0 Å². The van der Waals surface area contributed by atoms with Crippen molar-refractivity contribution < 1.29 is 29.6 Å². The van der Waals surface area contributed by atoms with Crippen LogP contribution in [0.1, 0.15) is 0 Å². The standard InChI is InChI=1S/C9H11NO6/c11-2-4-6(13)7(14)8(16-4)3-1-5(12)10-9(3)15/h1,4,6-8,11,13-14H,2H2,(H,10,12,15)/t4-,6-,7-,8+/m1/s1. The second-order valence-corrected chi connectivity index (χ2v) is 3.68. The fourth-order valence-electron chi connectivity index (χ4n) is 1.79. The largest absolute Gasteiger partial charge is 0.394 e. The summed E-state index contributed by atoms with van der Waals surface area (Å²) < 4.78 is 5.11. The fraction of sp³-hybridized carbons (Fsp3) is 0.556. The molecule has 0 aromatic rings. The summed E-state index contributed by atoms with van der Waals surface area (Å²) in [5, 5.41) is 29.9. The van der Waals surface area contributed by atoms with Gasteiger partial charge in [0.1, 0.15) is 24.4 Å². The normalized spacial score (nSPS) is 38.8. The molecule has 0 bridgehead atoms. The topological polar surface area (TPSA) is 116 Å². The van der Waals surface area contributed by atoms with Crippen LogP contribution < -0.4 is 5.32 Å². The summed E-state index contributed by atoms with van der Waals surface area (Å²) in [4.78, 5) is 22.2. The molecule has 2 aliphatic rings. The lowest BCUT2D eigenvalue weighted by Crippen LogP contribution is -2.36. The van der Waals surface area contributed by atoms with Crippen LogP contribution in [0.15, 0.2) is 11.6 Å². The molecule has 7 nitrogen and oxygen atoms in total. The molecule has 2 heterocycles. The highest BCUT2D eigenvalue weighted by molar-refractivity contribution is 6.16. The molecule has 0 aromatic carbocycles. The van der Waals surface area contributed by atoms with Crippen LogP contribution in [0.5, 0.6) is 0 Å². The molecule has 1 fully saturated rings. The third-order valence-electron chi connectivity index (χ3n) is 2.63. The van der Waals surface area contributed by atoms with Crippen molar-refractivity contribution in [3.63, 3.8) is 0 Å². The van der Waals surface area contributed by atoms with E-state index in [0.717, 1.165) is 6.08 Å². The first-order valence-corrected chi connectivity index (χ1v) is 4.74. The van der Waals surface area contributed by atoms with Crippen molar-refractivity contribution in [3.8, 4) is 0 Å². The average Bonchev–Trinajstić information content (AvgIpc) is 2.70. The van der Waals surface area contributed by atoms with Crippen molar-refractivity contribution in [2.75, 3.05) is 6.61 Å². The molecule has 0 saturated carbocycles. The maximum Gasteiger partial charge on any atom is 0.256 e. The lowest BCUT2D eigenvalue weighted by atomic mass is 10.0. The zero-order chi connectivity index (χ0) is 11.9. The van der Waals surface area contributed by atoms with Gasteiger partial charge in [-0.25, -0.2) is 0 Å². The van der Waals surface area contributed by atoms with Crippen molar-refractivity contribution in [1.29, 1.82) is 0 Å². The Morgan fingerprint density at radius 1 is 1.31 bits per heavy atom. The number of imide groups is 1. The SMILES string of the molecule is O=C1C=C([C@@H]2O[C@H](CO)[C@@H](O)[C@H]2O)C(=O)N1. The highest BCUT2D eigenvalue weighted by atomic mass is 16.6. The molecule has 0 spiro atoms. The van der Waals surface area contributed by atoms with Gasteiger partial charge >= 0.3 is 0 Å². The Labute approximate surface area is 90.3 Å². The minimum Gasteiger partial charge on any atom is -0.394 e. The Bertz CT molecular complexity index is 365. The van der Waals surface area contributed by atoms with Crippen LogP contribution in [0.3, 0.4) is 0 Å². The van der Waals surface area contributed by atoms with Gasteiger partial charge in [-0.3, -0.25) is 14.9 Å². The third kappa shape index (κ3) is 1.63. The molecule has 0 unspecified atom stereocenters. The number of nitrogens with one attached hydrogen (secondary N) is 1. The molecule has 0 aliphatic carbocycles. The van der Waals surface area contributed by atoms with Crippen molar-refractivity contribution in [1.82, 2.24) is 5.32 Å². The molecule has 7 heteroatoms.